The predicted molar refractivity (Wildman–Crippen MR) is 96.7 cm³/mol. The average Bonchev–Trinajstić information content (AvgIpc) is 2.67. The van der Waals surface area contributed by atoms with E-state index in [4.69, 9.17) is 0 Å². The van der Waals surface area contributed by atoms with Crippen LogP contribution in [0, 0.1) is 0 Å². The molecule has 0 saturated heterocycles. The second-order valence-electron chi connectivity index (χ2n) is 5.61. The van der Waals surface area contributed by atoms with Gasteiger partial charge in [-0.2, -0.15) is 0 Å². The van der Waals surface area contributed by atoms with Crippen LogP contribution in [0.5, 0.6) is 0 Å². The molecular formula is C19H19N5O. The fourth-order valence-corrected chi connectivity index (χ4v) is 2.36. The zero-order valence-electron chi connectivity index (χ0n) is 14.0. The first-order valence-corrected chi connectivity index (χ1v) is 8.01. The molecule has 1 amide bonds. The van der Waals surface area contributed by atoms with Crippen molar-refractivity contribution in [3.63, 3.8) is 0 Å². The molecule has 0 atom stereocenters. The number of nitrogens with zero attached hydrogens (tertiary/aromatic N) is 4. The Morgan fingerprint density at radius 2 is 1.84 bits per heavy atom. The first-order chi connectivity index (χ1) is 12.2. The van der Waals surface area contributed by atoms with Gasteiger partial charge in [-0.05, 0) is 36.2 Å². The van der Waals surface area contributed by atoms with Crippen molar-refractivity contribution in [3.05, 3.63) is 78.5 Å². The van der Waals surface area contributed by atoms with Crippen LogP contribution in [0.2, 0.25) is 0 Å². The van der Waals surface area contributed by atoms with Gasteiger partial charge in [-0.3, -0.25) is 9.78 Å². The zero-order chi connectivity index (χ0) is 17.5. The minimum absolute atomic E-state index is 0.132. The van der Waals surface area contributed by atoms with E-state index >= 15 is 0 Å². The molecule has 2 heterocycles. The molecule has 6 heteroatoms. The first-order valence-electron chi connectivity index (χ1n) is 8.01. The lowest BCUT2D eigenvalue weighted by Gasteiger charge is -2.17. The van der Waals surface area contributed by atoms with E-state index in [1.807, 2.05) is 42.5 Å². The molecule has 0 aliphatic carbocycles. The van der Waals surface area contributed by atoms with E-state index in [1.165, 1.54) is 6.33 Å². The van der Waals surface area contributed by atoms with Crippen LogP contribution in [0.4, 0.5) is 11.5 Å². The number of pyridine rings is 1. The van der Waals surface area contributed by atoms with Gasteiger partial charge < -0.3 is 10.2 Å². The molecule has 2 aromatic heterocycles. The lowest BCUT2D eigenvalue weighted by molar-refractivity contribution is 0.0790. The summed E-state index contributed by atoms with van der Waals surface area (Å²) in [4.78, 5) is 26.5. The van der Waals surface area contributed by atoms with Crippen LogP contribution in [0.15, 0.2) is 67.3 Å². The van der Waals surface area contributed by atoms with E-state index in [0.29, 0.717) is 18.1 Å². The molecule has 126 valence electrons. The Bertz CT molecular complexity index is 823. The Kier molecular flexibility index (Phi) is 5.31. The maximum Gasteiger partial charge on any atom is 0.272 e. The topological polar surface area (TPSA) is 71.0 Å². The number of likely N-dealkylation sites (N-methyl/N-ethyl adjacent to an activating group) is 1. The highest BCUT2D eigenvalue weighted by Crippen LogP contribution is 2.14. The van der Waals surface area contributed by atoms with Gasteiger partial charge >= 0.3 is 0 Å². The largest absolute Gasteiger partial charge is 0.340 e. The second-order valence-corrected chi connectivity index (χ2v) is 5.61. The highest BCUT2D eigenvalue weighted by atomic mass is 16.2. The quantitative estimate of drug-likeness (QED) is 0.751. The number of anilines is 2. The molecule has 3 rings (SSSR count). The van der Waals surface area contributed by atoms with Crippen molar-refractivity contribution in [2.45, 2.75) is 6.42 Å². The average molecular weight is 333 g/mol. The Morgan fingerprint density at radius 3 is 2.60 bits per heavy atom. The van der Waals surface area contributed by atoms with Gasteiger partial charge in [0.2, 0.25) is 0 Å². The third-order valence-corrected chi connectivity index (χ3v) is 3.76. The summed E-state index contributed by atoms with van der Waals surface area (Å²) in [6, 6.07) is 15.2. The lowest BCUT2D eigenvalue weighted by Crippen LogP contribution is -2.29. The highest BCUT2D eigenvalue weighted by Gasteiger charge is 2.14. The molecule has 0 saturated carbocycles. The van der Waals surface area contributed by atoms with Crippen molar-refractivity contribution in [1.82, 2.24) is 19.9 Å². The zero-order valence-corrected chi connectivity index (χ0v) is 14.0. The van der Waals surface area contributed by atoms with Crippen molar-refractivity contribution >= 4 is 17.4 Å². The van der Waals surface area contributed by atoms with Gasteiger partial charge in [0, 0.05) is 37.7 Å². The molecule has 3 aromatic rings. The summed E-state index contributed by atoms with van der Waals surface area (Å²) < 4.78 is 0. The Hall–Kier alpha value is -3.28. The molecule has 0 aliphatic rings. The molecule has 1 aromatic carbocycles. The lowest BCUT2D eigenvalue weighted by atomic mass is 10.2. The summed E-state index contributed by atoms with van der Waals surface area (Å²) in [5, 5.41) is 3.17. The Labute approximate surface area is 146 Å². The number of hydrogen-bond donors (Lipinski definition) is 1. The number of carbonyl (C=O) groups is 1. The van der Waals surface area contributed by atoms with Crippen LogP contribution < -0.4 is 5.32 Å². The Morgan fingerprint density at radius 1 is 1.08 bits per heavy atom. The van der Waals surface area contributed by atoms with Crippen LogP contribution in [-0.4, -0.2) is 39.4 Å². The number of carbonyl (C=O) groups excluding carboxylic acids is 1. The standard InChI is InChI=1S/C19H19N5O/c1-24(12-9-15-7-10-20-11-8-15)19(25)17-13-18(22-14-21-17)23-16-5-3-2-4-6-16/h2-8,10-11,13-14H,9,12H2,1H3,(H,21,22,23). The van der Waals surface area contributed by atoms with Gasteiger partial charge in [-0.25, -0.2) is 9.97 Å². The molecule has 0 unspecified atom stereocenters. The summed E-state index contributed by atoms with van der Waals surface area (Å²) in [6.45, 7) is 0.605. The van der Waals surface area contributed by atoms with Gasteiger partial charge in [-0.1, -0.05) is 18.2 Å². The summed E-state index contributed by atoms with van der Waals surface area (Å²) in [5.74, 6) is 0.458. The van der Waals surface area contributed by atoms with Gasteiger partial charge in [-0.15, -0.1) is 0 Å². The summed E-state index contributed by atoms with van der Waals surface area (Å²) >= 11 is 0. The van der Waals surface area contributed by atoms with E-state index in [2.05, 4.69) is 20.3 Å². The second kappa shape index (κ2) is 8.01. The normalized spacial score (nSPS) is 10.3. The van der Waals surface area contributed by atoms with Crippen molar-refractivity contribution in [3.8, 4) is 0 Å². The first kappa shape index (κ1) is 16.6. The SMILES string of the molecule is CN(CCc1ccncc1)C(=O)c1cc(Nc2ccccc2)ncn1. The van der Waals surface area contributed by atoms with E-state index < -0.39 is 0 Å². The van der Waals surface area contributed by atoms with Crippen molar-refractivity contribution in [2.75, 3.05) is 18.9 Å². The molecule has 6 nitrogen and oxygen atoms in total. The molecular weight excluding hydrogens is 314 g/mol. The fourth-order valence-electron chi connectivity index (χ4n) is 2.36. The molecule has 25 heavy (non-hydrogen) atoms. The van der Waals surface area contributed by atoms with Gasteiger partial charge in [0.25, 0.3) is 5.91 Å². The smallest absolute Gasteiger partial charge is 0.272 e. The van der Waals surface area contributed by atoms with Crippen molar-refractivity contribution in [2.24, 2.45) is 0 Å². The van der Waals surface area contributed by atoms with E-state index in [9.17, 15) is 4.79 Å². The summed E-state index contributed by atoms with van der Waals surface area (Å²) in [6.07, 6.45) is 5.67. The molecule has 0 fully saturated rings. The number of amides is 1. The van der Waals surface area contributed by atoms with Crippen LogP contribution in [0.3, 0.4) is 0 Å². The molecule has 0 spiro atoms. The van der Waals surface area contributed by atoms with E-state index in [1.54, 1.807) is 30.4 Å². The van der Waals surface area contributed by atoms with Crippen molar-refractivity contribution < 1.29 is 4.79 Å². The number of nitrogens with one attached hydrogen (secondary N) is 1. The van der Waals surface area contributed by atoms with Crippen LogP contribution >= 0.6 is 0 Å². The monoisotopic (exact) mass is 333 g/mol. The molecule has 0 aliphatic heterocycles. The summed E-state index contributed by atoms with van der Waals surface area (Å²) in [5.41, 5.74) is 2.42. The minimum Gasteiger partial charge on any atom is -0.340 e. The number of para-hydroxylation sites is 1. The predicted octanol–water partition coefficient (Wildman–Crippen LogP) is 2.93. The number of benzene rings is 1. The fraction of sp³-hybridized carbons (Fsp3) is 0.158. The minimum atomic E-state index is -0.132. The van der Waals surface area contributed by atoms with Crippen molar-refractivity contribution in [1.29, 1.82) is 0 Å². The van der Waals surface area contributed by atoms with E-state index in [-0.39, 0.29) is 5.91 Å². The third-order valence-electron chi connectivity index (χ3n) is 3.76. The Balaban J connectivity index is 1.64. The number of hydrogen-bond acceptors (Lipinski definition) is 5. The molecule has 1 N–H and O–H groups in total. The van der Waals surface area contributed by atoms with Crippen LogP contribution in [0.25, 0.3) is 0 Å². The molecule has 0 bridgehead atoms. The number of rotatable bonds is 6. The molecule has 0 radical (unpaired) electrons. The summed E-state index contributed by atoms with van der Waals surface area (Å²) in [7, 11) is 1.77. The van der Waals surface area contributed by atoms with Crippen LogP contribution in [0.1, 0.15) is 16.1 Å². The number of aromatic nitrogens is 3. The van der Waals surface area contributed by atoms with Crippen LogP contribution in [-0.2, 0) is 6.42 Å². The van der Waals surface area contributed by atoms with Gasteiger partial charge in [0.15, 0.2) is 0 Å². The van der Waals surface area contributed by atoms with Gasteiger partial charge in [0.05, 0.1) is 0 Å². The van der Waals surface area contributed by atoms with Gasteiger partial charge in [0.1, 0.15) is 17.8 Å². The third kappa shape index (κ3) is 4.60. The van der Waals surface area contributed by atoms with E-state index in [0.717, 1.165) is 17.7 Å². The maximum absolute atomic E-state index is 12.6. The maximum atomic E-state index is 12.6. The highest BCUT2D eigenvalue weighted by molar-refractivity contribution is 5.92.